The van der Waals surface area contributed by atoms with Crippen LogP contribution in [0.25, 0.3) is 10.9 Å². The minimum atomic E-state index is -2.97. The van der Waals surface area contributed by atoms with E-state index < -0.39 is 23.1 Å². The van der Waals surface area contributed by atoms with Gasteiger partial charge in [-0.2, -0.15) is 5.10 Å². The molecule has 0 aliphatic heterocycles. The number of nitrogens with zero attached hydrogens (tertiary/aromatic N) is 3. The molecule has 0 saturated carbocycles. The summed E-state index contributed by atoms with van der Waals surface area (Å²) in [5.41, 5.74) is 3.61. The first-order chi connectivity index (χ1) is 19.1. The van der Waals surface area contributed by atoms with E-state index in [-0.39, 0.29) is 11.1 Å². The molecule has 41 heavy (non-hydrogen) atoms. The number of fused-ring (bicyclic) bond motifs is 1. The monoisotopic (exact) mass is 561 g/mol. The Morgan fingerprint density at radius 1 is 1.17 bits per heavy atom. The molecule has 2 amide bonds. The fourth-order valence-electron chi connectivity index (χ4n) is 3.99. The van der Waals surface area contributed by atoms with Crippen LogP contribution in [0.4, 0.5) is 10.1 Å². The molecule has 0 saturated heterocycles. The predicted molar refractivity (Wildman–Crippen MR) is 154 cm³/mol. The molecule has 2 aromatic heterocycles. The van der Waals surface area contributed by atoms with Gasteiger partial charge in [0.1, 0.15) is 17.3 Å². The van der Waals surface area contributed by atoms with Crippen molar-refractivity contribution >= 4 is 36.8 Å². The van der Waals surface area contributed by atoms with Gasteiger partial charge in [0.05, 0.1) is 28.5 Å². The molecule has 10 nitrogen and oxygen atoms in total. The molecule has 4 aromatic rings. The van der Waals surface area contributed by atoms with Gasteiger partial charge in [0.25, 0.3) is 5.91 Å². The number of anilines is 1. The minimum Gasteiger partial charge on any atom is -0.456 e. The number of aryl methyl sites for hydroxylation is 3. The summed E-state index contributed by atoms with van der Waals surface area (Å²) in [6.07, 6.45) is 6.45. The van der Waals surface area contributed by atoms with E-state index in [9.17, 15) is 14.0 Å². The number of aromatic nitrogens is 3. The zero-order valence-corrected chi connectivity index (χ0v) is 23.8. The van der Waals surface area contributed by atoms with E-state index in [4.69, 9.17) is 22.8 Å². The Morgan fingerprint density at radius 3 is 2.37 bits per heavy atom. The van der Waals surface area contributed by atoms with Crippen molar-refractivity contribution in [2.75, 3.05) is 5.32 Å². The second-order valence-corrected chi connectivity index (χ2v) is 10.5. The molecule has 4 N–H and O–H groups in total. The van der Waals surface area contributed by atoms with Crippen LogP contribution in [-0.2, 0) is 16.8 Å². The average molecular weight is 561 g/mol. The highest BCUT2D eigenvalue weighted by molar-refractivity contribution is 6.15. The van der Waals surface area contributed by atoms with Crippen molar-refractivity contribution in [1.82, 2.24) is 20.1 Å². The molecule has 0 bridgehead atoms. The Hall–Kier alpha value is -4.29. The quantitative estimate of drug-likeness (QED) is 0.152. The van der Waals surface area contributed by atoms with E-state index >= 15 is 0 Å². The Kier molecular flexibility index (Phi) is 9.51. The number of carbonyl (C=O) groups is 2. The van der Waals surface area contributed by atoms with E-state index in [2.05, 4.69) is 22.3 Å². The van der Waals surface area contributed by atoms with Gasteiger partial charge < -0.3 is 25.6 Å². The minimum absolute atomic E-state index is 0.0389. The number of benzene rings is 2. The van der Waals surface area contributed by atoms with Crippen molar-refractivity contribution in [2.45, 2.75) is 59.3 Å². The van der Waals surface area contributed by atoms with Crippen molar-refractivity contribution in [2.24, 2.45) is 0 Å². The molecule has 0 atom stereocenters. The lowest BCUT2D eigenvalue weighted by Gasteiger charge is -2.19. The Balaban J connectivity index is 0.000000322. The molecule has 0 fully saturated rings. The van der Waals surface area contributed by atoms with E-state index in [0.29, 0.717) is 23.3 Å². The summed E-state index contributed by atoms with van der Waals surface area (Å²) < 4.78 is 22.3. The Labute approximate surface area is 239 Å². The van der Waals surface area contributed by atoms with Gasteiger partial charge in [0.2, 0.25) is 6.41 Å². The highest BCUT2D eigenvalue weighted by Crippen LogP contribution is 2.34. The number of hydrogen-bond donors (Lipinski definition) is 4. The second kappa shape index (κ2) is 12.5. The first-order valence-electron chi connectivity index (χ1n) is 12.8. The summed E-state index contributed by atoms with van der Waals surface area (Å²) in [5.74, 6) is -3.90. The van der Waals surface area contributed by atoms with Crippen LogP contribution in [0.3, 0.4) is 0 Å². The van der Waals surface area contributed by atoms with Crippen LogP contribution in [0.1, 0.15) is 54.7 Å². The maximum Gasteiger partial charge on any atom is 0.257 e. The standard InChI is InChI=1S/C21H20BFN2O4.C8H13N3O/c1-4-13-7-11(2)19(12(3)8-13)29-18-5-6-24-17-10-16(23)14(9-15(17)18)20(26)25-21(22,27)28;1-8(2,3)11-5-7(4-10-11)9-6-12/h5-10,27-28H,4H2,1-3H3,(H,25,26);4-6H,1-3H3,(H,9,12). The third kappa shape index (κ3) is 8.12. The van der Waals surface area contributed by atoms with Crippen LogP contribution < -0.4 is 15.4 Å². The number of rotatable bonds is 7. The topological polar surface area (TPSA) is 139 Å². The fourth-order valence-corrected chi connectivity index (χ4v) is 3.99. The number of carbonyl (C=O) groups excluding carboxylic acids is 2. The lowest BCUT2D eigenvalue weighted by atomic mass is 10.0. The van der Waals surface area contributed by atoms with Crippen LogP contribution in [0.5, 0.6) is 11.5 Å². The molecular weight excluding hydrogens is 528 g/mol. The largest absolute Gasteiger partial charge is 0.456 e. The summed E-state index contributed by atoms with van der Waals surface area (Å²) in [4.78, 5) is 26.4. The van der Waals surface area contributed by atoms with Crippen LogP contribution >= 0.6 is 0 Å². The number of amides is 2. The van der Waals surface area contributed by atoms with Crippen LogP contribution in [-0.4, -0.2) is 51.0 Å². The number of halogens is 1. The van der Waals surface area contributed by atoms with Gasteiger partial charge in [-0.3, -0.25) is 19.3 Å². The average Bonchev–Trinajstić information content (AvgIpc) is 3.34. The fraction of sp³-hybridized carbons (Fsp3) is 0.310. The highest BCUT2D eigenvalue weighted by Gasteiger charge is 2.22. The summed E-state index contributed by atoms with van der Waals surface area (Å²) in [5, 5.41) is 27.0. The first-order valence-corrected chi connectivity index (χ1v) is 12.8. The van der Waals surface area contributed by atoms with Crippen molar-refractivity contribution in [3.63, 3.8) is 0 Å². The smallest absolute Gasteiger partial charge is 0.257 e. The van der Waals surface area contributed by atoms with E-state index in [1.54, 1.807) is 28.5 Å². The maximum absolute atomic E-state index is 14.4. The first kappa shape index (κ1) is 31.2. The number of nitrogens with one attached hydrogen (secondary N) is 2. The number of aliphatic hydroxyl groups is 2. The third-order valence-electron chi connectivity index (χ3n) is 5.97. The van der Waals surface area contributed by atoms with Crippen LogP contribution in [0.2, 0.25) is 0 Å². The van der Waals surface area contributed by atoms with Crippen molar-refractivity contribution < 1.29 is 28.9 Å². The second-order valence-electron chi connectivity index (χ2n) is 10.5. The summed E-state index contributed by atoms with van der Waals surface area (Å²) >= 11 is 0. The van der Waals surface area contributed by atoms with Crippen molar-refractivity contribution in [3.8, 4) is 11.5 Å². The summed E-state index contributed by atoms with van der Waals surface area (Å²) in [6.45, 7) is 12.1. The molecule has 2 aromatic carbocycles. The van der Waals surface area contributed by atoms with Crippen LogP contribution in [0.15, 0.2) is 48.9 Å². The number of pyridine rings is 1. The molecule has 0 aliphatic carbocycles. The van der Waals surface area contributed by atoms with Gasteiger partial charge in [-0.15, -0.1) is 0 Å². The van der Waals surface area contributed by atoms with Gasteiger partial charge in [-0.25, -0.2) is 4.39 Å². The lowest BCUT2D eigenvalue weighted by molar-refractivity contribution is -0.105. The number of ether oxygens (including phenoxy) is 1. The molecule has 12 heteroatoms. The zero-order valence-electron chi connectivity index (χ0n) is 23.8. The Morgan fingerprint density at radius 2 is 1.83 bits per heavy atom. The van der Waals surface area contributed by atoms with Crippen molar-refractivity contribution in [1.29, 1.82) is 0 Å². The van der Waals surface area contributed by atoms with Gasteiger partial charge in [0, 0.05) is 23.8 Å². The van der Waals surface area contributed by atoms with Gasteiger partial charge in [0.15, 0.2) is 13.7 Å². The van der Waals surface area contributed by atoms with Gasteiger partial charge in [-0.05, 0) is 69.9 Å². The SMILES string of the molecule is CC(C)(C)n1cc(NC=O)cn1.[B]C(O)(O)NC(=O)c1cc2c(Oc3c(C)cc(CC)cc3C)ccnc2cc1F. The Bertz CT molecular complexity index is 1540. The third-order valence-corrected chi connectivity index (χ3v) is 5.97. The number of hydrogen-bond acceptors (Lipinski definition) is 7. The van der Waals surface area contributed by atoms with E-state index in [1.165, 1.54) is 17.8 Å². The van der Waals surface area contributed by atoms with Gasteiger partial charge >= 0.3 is 0 Å². The van der Waals surface area contributed by atoms with Crippen LogP contribution in [0, 0.1) is 19.7 Å². The summed E-state index contributed by atoms with van der Waals surface area (Å²) in [6, 6.07) is 7.99. The highest BCUT2D eigenvalue weighted by atomic mass is 19.1. The van der Waals surface area contributed by atoms with Gasteiger partial charge in [-0.1, -0.05) is 19.1 Å². The molecule has 2 radical (unpaired) electrons. The van der Waals surface area contributed by atoms with E-state index in [1.807, 2.05) is 46.8 Å². The lowest BCUT2D eigenvalue weighted by Crippen LogP contribution is -2.49. The normalized spacial score (nSPS) is 11.4. The van der Waals surface area contributed by atoms with Crippen molar-refractivity contribution in [3.05, 3.63) is 77.0 Å². The maximum atomic E-state index is 14.4. The molecule has 0 aliphatic rings. The predicted octanol–water partition coefficient (Wildman–Crippen LogP) is 4.05. The molecule has 2 heterocycles. The summed E-state index contributed by atoms with van der Waals surface area (Å²) in [7, 11) is 4.95. The molecule has 214 valence electrons. The zero-order chi connectivity index (χ0) is 30.5. The molecular formula is C29H33BFN5O5. The molecule has 0 spiro atoms. The molecule has 4 rings (SSSR count). The van der Waals surface area contributed by atoms with E-state index in [0.717, 1.165) is 29.3 Å². The molecule has 0 unspecified atom stereocenters.